The number of hydrogen-bond donors (Lipinski definition) is 0. The molecule has 1 saturated heterocycles. The standard InChI is InChI=1S/C11H11ClFNO3S/c1-7-9(14-4-2-3-11(14)15)5-8(13)6-10(7)18(12,16)17/h5-6H,2-4H2,1H3. The zero-order chi connectivity index (χ0) is 13.5. The van der Waals surface area contributed by atoms with E-state index in [9.17, 15) is 17.6 Å². The Bertz CT molecular complexity index is 615. The summed E-state index contributed by atoms with van der Waals surface area (Å²) >= 11 is 0. The zero-order valence-electron chi connectivity index (χ0n) is 9.61. The fraction of sp³-hybridized carbons (Fsp3) is 0.364. The van der Waals surface area contributed by atoms with Crippen LogP contribution >= 0.6 is 10.7 Å². The largest absolute Gasteiger partial charge is 0.312 e. The van der Waals surface area contributed by atoms with Crippen LogP contribution in [0, 0.1) is 12.7 Å². The number of halogens is 2. The molecule has 1 aliphatic rings. The molecule has 0 aromatic heterocycles. The number of anilines is 1. The SMILES string of the molecule is Cc1c(N2CCCC2=O)cc(F)cc1S(=O)(=O)Cl. The fourth-order valence-electron chi connectivity index (χ4n) is 2.08. The van der Waals surface area contributed by atoms with Gasteiger partial charge in [0.05, 0.1) is 10.6 Å². The molecule has 4 nitrogen and oxygen atoms in total. The van der Waals surface area contributed by atoms with Crippen LogP contribution in [0.5, 0.6) is 0 Å². The third-order valence-electron chi connectivity index (χ3n) is 2.92. The second-order valence-corrected chi connectivity index (χ2v) is 6.67. The molecule has 18 heavy (non-hydrogen) atoms. The molecule has 0 spiro atoms. The summed E-state index contributed by atoms with van der Waals surface area (Å²) < 4.78 is 36.2. The summed E-state index contributed by atoms with van der Waals surface area (Å²) in [5.74, 6) is -0.865. The van der Waals surface area contributed by atoms with Crippen LogP contribution in [0.25, 0.3) is 0 Å². The van der Waals surface area contributed by atoms with Crippen LogP contribution in [-0.2, 0) is 13.8 Å². The van der Waals surface area contributed by atoms with Crippen LogP contribution in [0.15, 0.2) is 17.0 Å². The highest BCUT2D eigenvalue weighted by Gasteiger charge is 2.26. The first-order chi connectivity index (χ1) is 8.30. The minimum atomic E-state index is -4.03. The first-order valence-electron chi connectivity index (χ1n) is 5.36. The van der Waals surface area contributed by atoms with E-state index in [0.29, 0.717) is 24.9 Å². The van der Waals surface area contributed by atoms with Gasteiger partial charge in [0.15, 0.2) is 0 Å². The van der Waals surface area contributed by atoms with E-state index in [1.165, 1.54) is 11.8 Å². The number of amides is 1. The molecule has 0 bridgehead atoms. The lowest BCUT2D eigenvalue weighted by Gasteiger charge is -2.19. The van der Waals surface area contributed by atoms with Crippen LogP contribution < -0.4 is 4.90 Å². The van der Waals surface area contributed by atoms with Crippen molar-refractivity contribution in [3.63, 3.8) is 0 Å². The topological polar surface area (TPSA) is 54.5 Å². The smallest absolute Gasteiger partial charge is 0.261 e. The quantitative estimate of drug-likeness (QED) is 0.785. The van der Waals surface area contributed by atoms with Crippen molar-refractivity contribution in [2.45, 2.75) is 24.7 Å². The first kappa shape index (κ1) is 13.3. The van der Waals surface area contributed by atoms with Crippen molar-refractivity contribution in [2.75, 3.05) is 11.4 Å². The number of carbonyl (C=O) groups is 1. The third kappa shape index (κ3) is 2.35. The van der Waals surface area contributed by atoms with Gasteiger partial charge in [0.25, 0.3) is 9.05 Å². The molecular weight excluding hydrogens is 281 g/mol. The number of hydrogen-bond acceptors (Lipinski definition) is 3. The fourth-order valence-corrected chi connectivity index (χ4v) is 3.28. The van der Waals surface area contributed by atoms with Gasteiger partial charge >= 0.3 is 0 Å². The minimum Gasteiger partial charge on any atom is -0.312 e. The van der Waals surface area contributed by atoms with Gasteiger partial charge in [-0.25, -0.2) is 12.8 Å². The highest BCUT2D eigenvalue weighted by Crippen LogP contribution is 2.32. The second-order valence-electron chi connectivity index (χ2n) is 4.13. The summed E-state index contributed by atoms with van der Waals surface area (Å²) in [6.07, 6.45) is 1.07. The Balaban J connectivity index is 2.62. The molecule has 0 aliphatic carbocycles. The first-order valence-corrected chi connectivity index (χ1v) is 7.67. The average Bonchev–Trinajstić information content (AvgIpc) is 2.66. The Hall–Kier alpha value is -1.14. The lowest BCUT2D eigenvalue weighted by molar-refractivity contribution is -0.117. The molecule has 1 aromatic carbocycles. The maximum absolute atomic E-state index is 13.5. The van der Waals surface area contributed by atoms with E-state index in [1.807, 2.05) is 0 Å². The van der Waals surface area contributed by atoms with Gasteiger partial charge in [-0.15, -0.1) is 0 Å². The van der Waals surface area contributed by atoms with Crippen LogP contribution in [0.4, 0.5) is 10.1 Å². The lowest BCUT2D eigenvalue weighted by atomic mass is 10.2. The number of benzene rings is 1. The Morgan fingerprint density at radius 3 is 2.56 bits per heavy atom. The molecule has 0 N–H and O–H groups in total. The van der Waals surface area contributed by atoms with Crippen molar-refractivity contribution in [2.24, 2.45) is 0 Å². The Morgan fingerprint density at radius 1 is 1.39 bits per heavy atom. The van der Waals surface area contributed by atoms with Crippen molar-refractivity contribution in [1.82, 2.24) is 0 Å². The third-order valence-corrected chi connectivity index (χ3v) is 4.37. The zero-order valence-corrected chi connectivity index (χ0v) is 11.2. The van der Waals surface area contributed by atoms with Gasteiger partial charge in [-0.1, -0.05) is 0 Å². The summed E-state index contributed by atoms with van der Waals surface area (Å²) in [6.45, 7) is 1.97. The molecule has 98 valence electrons. The normalized spacial score (nSPS) is 16.4. The van der Waals surface area contributed by atoms with E-state index in [-0.39, 0.29) is 16.5 Å². The molecule has 1 aromatic rings. The maximum Gasteiger partial charge on any atom is 0.261 e. The van der Waals surface area contributed by atoms with Crippen LogP contribution in [0.2, 0.25) is 0 Å². The molecule has 0 unspecified atom stereocenters. The summed E-state index contributed by atoms with van der Waals surface area (Å²) in [5, 5.41) is 0. The average molecular weight is 292 g/mol. The van der Waals surface area contributed by atoms with E-state index < -0.39 is 14.9 Å². The predicted octanol–water partition coefficient (Wildman–Crippen LogP) is 2.19. The Labute approximate surface area is 109 Å². The molecule has 1 fully saturated rings. The van der Waals surface area contributed by atoms with E-state index in [0.717, 1.165) is 12.1 Å². The second kappa shape index (κ2) is 4.51. The van der Waals surface area contributed by atoms with Crippen molar-refractivity contribution in [3.8, 4) is 0 Å². The summed E-state index contributed by atoms with van der Waals surface area (Å²) in [6, 6.07) is 2.02. The van der Waals surface area contributed by atoms with Gasteiger partial charge in [0.1, 0.15) is 5.82 Å². The summed E-state index contributed by atoms with van der Waals surface area (Å²) in [7, 11) is 1.22. The lowest BCUT2D eigenvalue weighted by Crippen LogP contribution is -2.25. The van der Waals surface area contributed by atoms with Crippen molar-refractivity contribution in [3.05, 3.63) is 23.5 Å². The van der Waals surface area contributed by atoms with E-state index in [2.05, 4.69) is 0 Å². The van der Waals surface area contributed by atoms with E-state index >= 15 is 0 Å². The van der Waals surface area contributed by atoms with Gasteiger partial charge in [-0.05, 0) is 31.0 Å². The molecule has 7 heteroatoms. The molecule has 1 aliphatic heterocycles. The molecule has 1 heterocycles. The maximum atomic E-state index is 13.5. The molecule has 2 rings (SSSR count). The summed E-state index contributed by atoms with van der Waals surface area (Å²) in [5.41, 5.74) is 0.568. The highest BCUT2D eigenvalue weighted by molar-refractivity contribution is 8.13. The Morgan fingerprint density at radius 2 is 2.06 bits per heavy atom. The molecule has 0 saturated carbocycles. The van der Waals surface area contributed by atoms with Gasteiger partial charge in [0, 0.05) is 23.6 Å². The monoisotopic (exact) mass is 291 g/mol. The van der Waals surface area contributed by atoms with Crippen LogP contribution in [0.3, 0.4) is 0 Å². The number of carbonyl (C=O) groups excluding carboxylic acids is 1. The molecular formula is C11H11ClFNO3S. The van der Waals surface area contributed by atoms with Crippen LogP contribution in [0.1, 0.15) is 18.4 Å². The van der Waals surface area contributed by atoms with Gasteiger partial charge in [-0.2, -0.15) is 0 Å². The minimum absolute atomic E-state index is 0.137. The molecule has 0 atom stereocenters. The van der Waals surface area contributed by atoms with Gasteiger partial charge < -0.3 is 4.90 Å². The van der Waals surface area contributed by atoms with Gasteiger partial charge in [-0.3, -0.25) is 4.79 Å². The molecule has 0 radical (unpaired) electrons. The Kier molecular flexibility index (Phi) is 3.33. The van der Waals surface area contributed by atoms with Crippen molar-refractivity contribution in [1.29, 1.82) is 0 Å². The number of rotatable bonds is 2. The van der Waals surface area contributed by atoms with E-state index in [4.69, 9.17) is 10.7 Å². The number of nitrogens with zero attached hydrogens (tertiary/aromatic N) is 1. The van der Waals surface area contributed by atoms with Crippen LogP contribution in [-0.4, -0.2) is 20.9 Å². The predicted molar refractivity (Wildman–Crippen MR) is 65.8 cm³/mol. The highest BCUT2D eigenvalue weighted by atomic mass is 35.7. The van der Waals surface area contributed by atoms with Crippen molar-refractivity contribution < 1.29 is 17.6 Å². The van der Waals surface area contributed by atoms with Gasteiger partial charge in [0.2, 0.25) is 5.91 Å². The van der Waals surface area contributed by atoms with Crippen molar-refractivity contribution >= 4 is 31.3 Å². The molecule has 1 amide bonds. The summed E-state index contributed by atoms with van der Waals surface area (Å²) in [4.78, 5) is 12.7. The van der Waals surface area contributed by atoms with E-state index in [1.54, 1.807) is 0 Å².